The third-order valence-corrected chi connectivity index (χ3v) is 4.52. The summed E-state index contributed by atoms with van der Waals surface area (Å²) >= 11 is 6.74. The average Bonchev–Trinajstić information content (AvgIpc) is 2.76. The van der Waals surface area contributed by atoms with Gasteiger partial charge in [-0.2, -0.15) is 0 Å². The molecule has 1 aromatic heterocycles. The summed E-state index contributed by atoms with van der Waals surface area (Å²) in [4.78, 5) is 8.71. The topological polar surface area (TPSA) is 74.7 Å². The molecule has 156 valence electrons. The number of nitrogens with one attached hydrogen (secondary N) is 1. The van der Waals surface area contributed by atoms with Crippen molar-refractivity contribution in [1.82, 2.24) is 9.97 Å². The second kappa shape index (κ2) is 10.6. The Hall–Kier alpha value is -3.05. The van der Waals surface area contributed by atoms with Gasteiger partial charge < -0.3 is 24.3 Å². The quantitative estimate of drug-likeness (QED) is 0.386. The second-order valence-corrected chi connectivity index (χ2v) is 6.54. The van der Waals surface area contributed by atoms with E-state index in [0.29, 0.717) is 59.7 Å². The van der Waals surface area contributed by atoms with Crippen LogP contribution in [0.4, 0.5) is 11.5 Å². The van der Waals surface area contributed by atoms with Crippen molar-refractivity contribution in [2.75, 3.05) is 46.0 Å². The van der Waals surface area contributed by atoms with Crippen LogP contribution >= 0.6 is 11.6 Å². The molecular weight excluding hydrogens is 406 g/mol. The first-order chi connectivity index (χ1) is 14.7. The minimum absolute atomic E-state index is 0.309. The van der Waals surface area contributed by atoms with Crippen molar-refractivity contribution >= 4 is 34.0 Å². The highest BCUT2D eigenvalue weighted by Gasteiger charge is 2.19. The Morgan fingerprint density at radius 3 is 2.53 bits per heavy atom. The van der Waals surface area contributed by atoms with Gasteiger partial charge in [0.25, 0.3) is 0 Å². The fourth-order valence-corrected chi connectivity index (χ4v) is 3.09. The third-order valence-electron chi connectivity index (χ3n) is 4.16. The molecule has 3 rings (SSSR count). The Balaban J connectivity index is 2.04. The summed E-state index contributed by atoms with van der Waals surface area (Å²) in [5, 5.41) is 4.20. The summed E-state index contributed by atoms with van der Waals surface area (Å²) in [5.41, 5.74) is 2.14. The van der Waals surface area contributed by atoms with Crippen LogP contribution in [0.15, 0.2) is 36.7 Å². The van der Waals surface area contributed by atoms with Gasteiger partial charge in [-0.25, -0.2) is 9.97 Å². The molecule has 2 aromatic carbocycles. The van der Waals surface area contributed by atoms with Gasteiger partial charge in [-0.05, 0) is 18.2 Å². The molecule has 1 heterocycles. The number of halogens is 1. The smallest absolute Gasteiger partial charge is 0.180 e. The number of hydrogen-bond donors (Lipinski definition) is 1. The van der Waals surface area contributed by atoms with Crippen LogP contribution in [0.25, 0.3) is 10.9 Å². The van der Waals surface area contributed by atoms with Gasteiger partial charge in [0.2, 0.25) is 0 Å². The molecule has 0 unspecified atom stereocenters. The van der Waals surface area contributed by atoms with Gasteiger partial charge in [0, 0.05) is 31.5 Å². The molecule has 8 heteroatoms. The number of aromatic nitrogens is 2. The van der Waals surface area contributed by atoms with Crippen molar-refractivity contribution in [3.8, 4) is 23.8 Å². The molecule has 7 nitrogen and oxygen atoms in total. The Labute approximate surface area is 180 Å². The van der Waals surface area contributed by atoms with Gasteiger partial charge in [-0.15, -0.1) is 6.42 Å². The van der Waals surface area contributed by atoms with Crippen molar-refractivity contribution in [1.29, 1.82) is 0 Å². The van der Waals surface area contributed by atoms with Crippen LogP contribution in [0.2, 0.25) is 5.02 Å². The van der Waals surface area contributed by atoms with Crippen molar-refractivity contribution in [2.24, 2.45) is 0 Å². The van der Waals surface area contributed by atoms with Crippen LogP contribution in [0.5, 0.6) is 11.5 Å². The zero-order valence-corrected chi connectivity index (χ0v) is 17.5. The molecule has 3 aromatic rings. The predicted molar refractivity (Wildman–Crippen MR) is 117 cm³/mol. The molecule has 0 saturated carbocycles. The maximum Gasteiger partial charge on any atom is 0.180 e. The Kier molecular flexibility index (Phi) is 7.69. The van der Waals surface area contributed by atoms with E-state index in [1.54, 1.807) is 20.3 Å². The van der Waals surface area contributed by atoms with Crippen LogP contribution in [0.1, 0.15) is 5.56 Å². The van der Waals surface area contributed by atoms with E-state index >= 15 is 0 Å². The standard InChI is InChI=1S/C22H22ClN3O4/c1-4-15-6-5-7-16(12-15)26-22-19-17(24-14-25-22)13-18(29-10-8-27-2)21(20(19)23)30-11-9-28-3/h1,5-7,12-14H,8-11H2,2-3H3,(H,24,25,26). The maximum atomic E-state index is 6.74. The van der Waals surface area contributed by atoms with E-state index in [-0.39, 0.29) is 0 Å². The highest BCUT2D eigenvalue weighted by Crippen LogP contribution is 2.43. The molecule has 0 atom stereocenters. The zero-order chi connectivity index (χ0) is 21.3. The maximum absolute atomic E-state index is 6.74. The van der Waals surface area contributed by atoms with E-state index in [1.807, 2.05) is 24.3 Å². The van der Waals surface area contributed by atoms with Crippen LogP contribution in [0.3, 0.4) is 0 Å². The number of hydrogen-bond acceptors (Lipinski definition) is 7. The third kappa shape index (κ3) is 5.10. The predicted octanol–water partition coefficient (Wildman–Crippen LogP) is 4.06. The molecule has 0 spiro atoms. The number of anilines is 2. The first-order valence-corrected chi connectivity index (χ1v) is 9.60. The molecule has 0 aliphatic heterocycles. The molecule has 0 bridgehead atoms. The fourth-order valence-electron chi connectivity index (χ4n) is 2.76. The normalized spacial score (nSPS) is 10.6. The summed E-state index contributed by atoms with van der Waals surface area (Å²) < 4.78 is 21.8. The van der Waals surface area contributed by atoms with Gasteiger partial charge in [0.15, 0.2) is 11.5 Å². The van der Waals surface area contributed by atoms with Crippen LogP contribution in [-0.4, -0.2) is 50.6 Å². The second-order valence-electron chi connectivity index (χ2n) is 6.17. The lowest BCUT2D eigenvalue weighted by Crippen LogP contribution is -2.09. The van der Waals surface area contributed by atoms with E-state index in [0.717, 1.165) is 11.3 Å². The molecule has 1 N–H and O–H groups in total. The molecule has 0 aliphatic carbocycles. The first kappa shape index (κ1) is 21.7. The zero-order valence-electron chi connectivity index (χ0n) is 16.8. The molecule has 0 fully saturated rings. The van der Waals surface area contributed by atoms with E-state index in [1.165, 1.54) is 6.33 Å². The minimum atomic E-state index is 0.309. The van der Waals surface area contributed by atoms with Crippen molar-refractivity contribution in [2.45, 2.75) is 0 Å². The Morgan fingerprint density at radius 1 is 1.03 bits per heavy atom. The number of fused-ring (bicyclic) bond motifs is 1. The van der Waals surface area contributed by atoms with E-state index in [4.69, 9.17) is 37.0 Å². The highest BCUT2D eigenvalue weighted by atomic mass is 35.5. The Morgan fingerprint density at radius 2 is 1.80 bits per heavy atom. The largest absolute Gasteiger partial charge is 0.487 e. The molecule has 30 heavy (non-hydrogen) atoms. The number of benzene rings is 2. The van der Waals surface area contributed by atoms with E-state index in [2.05, 4.69) is 21.2 Å². The summed E-state index contributed by atoms with van der Waals surface area (Å²) in [7, 11) is 3.20. The highest BCUT2D eigenvalue weighted by molar-refractivity contribution is 6.38. The number of rotatable bonds is 10. The summed E-state index contributed by atoms with van der Waals surface area (Å²) in [6.07, 6.45) is 6.95. The number of methoxy groups -OCH3 is 2. The summed E-state index contributed by atoms with van der Waals surface area (Å²) in [5.74, 6) is 4.01. The number of ether oxygens (including phenoxy) is 4. The molecule has 0 radical (unpaired) electrons. The van der Waals surface area contributed by atoms with E-state index < -0.39 is 0 Å². The average molecular weight is 428 g/mol. The lowest BCUT2D eigenvalue weighted by Gasteiger charge is -2.17. The van der Waals surface area contributed by atoms with Crippen LogP contribution < -0.4 is 14.8 Å². The Bertz CT molecular complexity index is 1050. The summed E-state index contributed by atoms with van der Waals surface area (Å²) in [6, 6.07) is 9.22. The fraction of sp³-hybridized carbons (Fsp3) is 0.273. The van der Waals surface area contributed by atoms with E-state index in [9.17, 15) is 0 Å². The van der Waals surface area contributed by atoms with Crippen LogP contribution in [-0.2, 0) is 9.47 Å². The first-order valence-electron chi connectivity index (χ1n) is 9.22. The molecule has 0 amide bonds. The number of nitrogens with zero attached hydrogens (tertiary/aromatic N) is 2. The van der Waals surface area contributed by atoms with Gasteiger partial charge in [-0.3, -0.25) is 0 Å². The van der Waals surface area contributed by atoms with Gasteiger partial charge in [0.05, 0.1) is 29.1 Å². The lowest BCUT2D eigenvalue weighted by atomic mass is 10.1. The van der Waals surface area contributed by atoms with Crippen molar-refractivity contribution < 1.29 is 18.9 Å². The van der Waals surface area contributed by atoms with Gasteiger partial charge in [0.1, 0.15) is 25.4 Å². The molecular formula is C22H22ClN3O4. The number of terminal acetylenes is 1. The van der Waals surface area contributed by atoms with Gasteiger partial charge >= 0.3 is 0 Å². The molecule has 0 saturated heterocycles. The SMILES string of the molecule is C#Cc1cccc(Nc2ncnc3cc(OCCOC)c(OCCOC)c(Cl)c23)c1. The van der Waals surface area contributed by atoms with Crippen LogP contribution in [0, 0.1) is 12.3 Å². The minimum Gasteiger partial charge on any atom is -0.487 e. The van der Waals surface area contributed by atoms with Crippen molar-refractivity contribution in [3.63, 3.8) is 0 Å². The summed E-state index contributed by atoms with van der Waals surface area (Å²) in [6.45, 7) is 1.48. The monoisotopic (exact) mass is 427 g/mol. The van der Waals surface area contributed by atoms with Crippen molar-refractivity contribution in [3.05, 3.63) is 47.2 Å². The van der Waals surface area contributed by atoms with Gasteiger partial charge in [-0.1, -0.05) is 23.6 Å². The lowest BCUT2D eigenvalue weighted by molar-refractivity contribution is 0.132. The molecule has 0 aliphatic rings.